The van der Waals surface area contributed by atoms with Crippen LogP contribution < -0.4 is 15.2 Å². The van der Waals surface area contributed by atoms with Crippen molar-refractivity contribution in [3.63, 3.8) is 0 Å². The molecule has 0 aliphatic carbocycles. The van der Waals surface area contributed by atoms with E-state index in [-0.39, 0.29) is 4.90 Å². The summed E-state index contributed by atoms with van der Waals surface area (Å²) in [5.74, 6) is 0.573. The summed E-state index contributed by atoms with van der Waals surface area (Å²) in [6, 6.07) is 11.1. The summed E-state index contributed by atoms with van der Waals surface area (Å²) >= 11 is 3.21. The summed E-state index contributed by atoms with van der Waals surface area (Å²) in [4.78, 5) is 0.126. The van der Waals surface area contributed by atoms with Crippen LogP contribution in [0.4, 0.5) is 11.4 Å². The van der Waals surface area contributed by atoms with E-state index >= 15 is 0 Å². The molecule has 0 heterocycles. The predicted octanol–water partition coefficient (Wildman–Crippen LogP) is 2.84. The number of hydrogen-bond donors (Lipinski definition) is 2. The van der Waals surface area contributed by atoms with Crippen LogP contribution in [-0.4, -0.2) is 15.5 Å². The average Bonchev–Trinajstić information content (AvgIpc) is 2.41. The van der Waals surface area contributed by atoms with Crippen molar-refractivity contribution < 1.29 is 13.2 Å². The molecular formula is C13H13BrN2O3S. The Bertz CT molecular complexity index is 732. The van der Waals surface area contributed by atoms with Gasteiger partial charge in [0.1, 0.15) is 5.75 Å². The molecule has 0 saturated heterocycles. The van der Waals surface area contributed by atoms with Crippen molar-refractivity contribution in [2.75, 3.05) is 17.6 Å². The standard InChI is InChI=1S/C13H13BrN2O3S/c1-19-10-4-2-3-9(7-10)16-20(17,18)11-5-6-13(15)12(14)8-11/h2-8,16H,15H2,1H3. The first-order valence-corrected chi connectivity index (χ1v) is 7.92. The lowest BCUT2D eigenvalue weighted by Crippen LogP contribution is -2.13. The number of hydrogen-bond acceptors (Lipinski definition) is 4. The van der Waals surface area contributed by atoms with Gasteiger partial charge in [-0.25, -0.2) is 8.42 Å². The first kappa shape index (κ1) is 14.7. The number of ether oxygens (including phenoxy) is 1. The molecule has 0 fully saturated rings. The molecule has 0 bridgehead atoms. The number of halogens is 1. The molecule has 0 unspecified atom stereocenters. The molecule has 2 aromatic rings. The third-order valence-corrected chi connectivity index (χ3v) is 4.67. The fraction of sp³-hybridized carbons (Fsp3) is 0.0769. The maximum atomic E-state index is 12.3. The second-order valence-corrected chi connectivity index (χ2v) is 6.56. The average molecular weight is 357 g/mol. The van der Waals surface area contributed by atoms with E-state index in [1.165, 1.54) is 25.3 Å². The molecule has 5 nitrogen and oxygen atoms in total. The molecule has 2 rings (SSSR count). The van der Waals surface area contributed by atoms with Crippen LogP contribution in [0.25, 0.3) is 0 Å². The molecule has 106 valence electrons. The number of rotatable bonds is 4. The molecule has 3 N–H and O–H groups in total. The van der Waals surface area contributed by atoms with Crippen LogP contribution in [0.5, 0.6) is 5.75 Å². The second-order valence-electron chi connectivity index (χ2n) is 4.02. The smallest absolute Gasteiger partial charge is 0.261 e. The van der Waals surface area contributed by atoms with E-state index in [0.29, 0.717) is 21.6 Å². The summed E-state index contributed by atoms with van der Waals surface area (Å²) in [5, 5.41) is 0. The lowest BCUT2D eigenvalue weighted by Gasteiger charge is -2.10. The lowest BCUT2D eigenvalue weighted by atomic mass is 10.3. The summed E-state index contributed by atoms with van der Waals surface area (Å²) in [7, 11) is -2.15. The maximum Gasteiger partial charge on any atom is 0.261 e. The molecule has 0 atom stereocenters. The van der Waals surface area contributed by atoms with Gasteiger partial charge in [0.2, 0.25) is 0 Å². The maximum absolute atomic E-state index is 12.3. The Morgan fingerprint density at radius 2 is 1.95 bits per heavy atom. The number of sulfonamides is 1. The fourth-order valence-corrected chi connectivity index (χ4v) is 3.18. The van der Waals surface area contributed by atoms with E-state index in [1.54, 1.807) is 24.3 Å². The molecule has 0 amide bonds. The van der Waals surface area contributed by atoms with E-state index < -0.39 is 10.0 Å². The molecule has 20 heavy (non-hydrogen) atoms. The lowest BCUT2D eigenvalue weighted by molar-refractivity contribution is 0.415. The summed E-state index contributed by atoms with van der Waals surface area (Å²) in [5.41, 5.74) is 6.55. The Hall–Kier alpha value is -1.73. The number of nitrogens with two attached hydrogens (primary N) is 1. The topological polar surface area (TPSA) is 81.4 Å². The van der Waals surface area contributed by atoms with Gasteiger partial charge in [-0.3, -0.25) is 4.72 Å². The number of nitrogens with one attached hydrogen (secondary N) is 1. The minimum Gasteiger partial charge on any atom is -0.497 e. The van der Waals surface area contributed by atoms with Crippen molar-refractivity contribution in [1.82, 2.24) is 0 Å². The SMILES string of the molecule is COc1cccc(NS(=O)(=O)c2ccc(N)c(Br)c2)c1. The van der Waals surface area contributed by atoms with Gasteiger partial charge >= 0.3 is 0 Å². The zero-order valence-corrected chi connectivity index (χ0v) is 13.0. The fourth-order valence-electron chi connectivity index (χ4n) is 1.58. The van der Waals surface area contributed by atoms with Crippen molar-refractivity contribution in [2.45, 2.75) is 4.90 Å². The molecule has 0 aromatic heterocycles. The number of nitrogen functional groups attached to an aromatic ring is 1. The predicted molar refractivity (Wildman–Crippen MR) is 82.4 cm³/mol. The van der Waals surface area contributed by atoms with Gasteiger partial charge in [-0.15, -0.1) is 0 Å². The van der Waals surface area contributed by atoms with Gasteiger partial charge in [-0.1, -0.05) is 6.07 Å². The third kappa shape index (κ3) is 3.23. The van der Waals surface area contributed by atoms with Crippen molar-refractivity contribution in [3.8, 4) is 5.75 Å². The van der Waals surface area contributed by atoms with E-state index in [9.17, 15) is 8.42 Å². The van der Waals surface area contributed by atoms with Crippen LogP contribution in [0.1, 0.15) is 0 Å². The Balaban J connectivity index is 2.32. The Morgan fingerprint density at radius 1 is 1.20 bits per heavy atom. The molecular weight excluding hydrogens is 344 g/mol. The van der Waals surface area contributed by atoms with Gasteiger partial charge in [0.25, 0.3) is 10.0 Å². The molecule has 0 spiro atoms. The molecule has 0 saturated carbocycles. The summed E-state index contributed by atoms with van der Waals surface area (Å²) in [6.45, 7) is 0. The first-order valence-electron chi connectivity index (χ1n) is 5.64. The van der Waals surface area contributed by atoms with Crippen LogP contribution in [0.15, 0.2) is 51.8 Å². The van der Waals surface area contributed by atoms with Crippen LogP contribution >= 0.6 is 15.9 Å². The van der Waals surface area contributed by atoms with Gasteiger partial charge in [-0.2, -0.15) is 0 Å². The summed E-state index contributed by atoms with van der Waals surface area (Å²) < 4.78 is 32.6. The van der Waals surface area contributed by atoms with Crippen LogP contribution in [-0.2, 0) is 10.0 Å². The molecule has 0 aliphatic rings. The number of methoxy groups -OCH3 is 1. The zero-order valence-electron chi connectivity index (χ0n) is 10.6. The van der Waals surface area contributed by atoms with Gasteiger partial charge < -0.3 is 10.5 Å². The third-order valence-electron chi connectivity index (χ3n) is 2.60. The van der Waals surface area contributed by atoms with Crippen molar-refractivity contribution in [1.29, 1.82) is 0 Å². The molecule has 2 aromatic carbocycles. The molecule has 7 heteroatoms. The van der Waals surface area contributed by atoms with Gasteiger partial charge in [0, 0.05) is 16.2 Å². The van der Waals surface area contributed by atoms with Crippen molar-refractivity contribution >= 4 is 37.3 Å². The van der Waals surface area contributed by atoms with Crippen LogP contribution in [0.3, 0.4) is 0 Å². The largest absolute Gasteiger partial charge is 0.497 e. The second kappa shape index (κ2) is 5.72. The highest BCUT2D eigenvalue weighted by Gasteiger charge is 2.15. The van der Waals surface area contributed by atoms with E-state index in [4.69, 9.17) is 10.5 Å². The van der Waals surface area contributed by atoms with Crippen molar-refractivity contribution in [3.05, 3.63) is 46.9 Å². The number of anilines is 2. The summed E-state index contributed by atoms with van der Waals surface area (Å²) in [6.07, 6.45) is 0. The van der Waals surface area contributed by atoms with E-state index in [2.05, 4.69) is 20.7 Å². The van der Waals surface area contributed by atoms with E-state index in [0.717, 1.165) is 0 Å². The van der Waals surface area contributed by atoms with Crippen molar-refractivity contribution in [2.24, 2.45) is 0 Å². The van der Waals surface area contributed by atoms with Gasteiger partial charge in [0.05, 0.1) is 17.7 Å². The number of benzene rings is 2. The van der Waals surface area contributed by atoms with E-state index in [1.807, 2.05) is 0 Å². The minimum atomic E-state index is -3.67. The molecule has 0 aliphatic heterocycles. The highest BCUT2D eigenvalue weighted by molar-refractivity contribution is 9.10. The Morgan fingerprint density at radius 3 is 2.60 bits per heavy atom. The Kier molecular flexibility index (Phi) is 4.20. The van der Waals surface area contributed by atoms with Crippen LogP contribution in [0, 0.1) is 0 Å². The minimum absolute atomic E-state index is 0.126. The zero-order chi connectivity index (χ0) is 14.8. The highest BCUT2D eigenvalue weighted by Crippen LogP contribution is 2.25. The van der Waals surface area contributed by atoms with Gasteiger partial charge in [-0.05, 0) is 46.3 Å². The first-order chi connectivity index (χ1) is 9.42. The Labute approximate surface area is 125 Å². The van der Waals surface area contributed by atoms with Crippen LogP contribution in [0.2, 0.25) is 0 Å². The normalized spacial score (nSPS) is 11.1. The highest BCUT2D eigenvalue weighted by atomic mass is 79.9. The molecule has 0 radical (unpaired) electrons. The van der Waals surface area contributed by atoms with Gasteiger partial charge in [0.15, 0.2) is 0 Å². The quantitative estimate of drug-likeness (QED) is 0.825. The monoisotopic (exact) mass is 356 g/mol.